The molecule has 4 heteroatoms. The lowest BCUT2D eigenvalue weighted by Gasteiger charge is -2.13. The Morgan fingerprint density at radius 3 is 1.40 bits per heavy atom. The summed E-state index contributed by atoms with van der Waals surface area (Å²) in [6.45, 7) is 0. The molecule has 0 radical (unpaired) electrons. The monoisotopic (exact) mass is 598 g/mol. The van der Waals surface area contributed by atoms with Gasteiger partial charge in [-0.05, 0) is 78.9 Å². The van der Waals surface area contributed by atoms with Crippen molar-refractivity contribution in [3.8, 4) is 23.1 Å². The second-order valence-corrected chi connectivity index (χ2v) is 12.1. The number of aromatic nitrogens is 3. The van der Waals surface area contributed by atoms with Gasteiger partial charge in [-0.1, -0.05) is 78.9 Å². The van der Waals surface area contributed by atoms with Crippen molar-refractivity contribution in [1.82, 2.24) is 13.7 Å². The fourth-order valence-corrected chi connectivity index (χ4v) is 7.74. The van der Waals surface area contributed by atoms with Crippen molar-refractivity contribution in [3.05, 3.63) is 163 Å². The lowest BCUT2D eigenvalue weighted by Crippen LogP contribution is -1.98. The summed E-state index contributed by atoms with van der Waals surface area (Å²) in [6, 6.07) is 58.3. The summed E-state index contributed by atoms with van der Waals surface area (Å²) in [4.78, 5) is 0. The van der Waals surface area contributed by atoms with E-state index in [1.165, 1.54) is 43.6 Å². The fourth-order valence-electron chi connectivity index (χ4n) is 7.74. The van der Waals surface area contributed by atoms with Crippen molar-refractivity contribution >= 4 is 65.4 Å². The summed E-state index contributed by atoms with van der Waals surface area (Å²) in [5.74, 6) is 0. The first-order valence-corrected chi connectivity index (χ1v) is 15.8. The Bertz CT molecular complexity index is 2910. The zero-order valence-electron chi connectivity index (χ0n) is 25.3. The third kappa shape index (κ3) is 3.57. The van der Waals surface area contributed by atoms with Crippen LogP contribution in [0.1, 0.15) is 5.56 Å². The van der Waals surface area contributed by atoms with Crippen LogP contribution in [0.25, 0.3) is 82.5 Å². The van der Waals surface area contributed by atoms with Crippen molar-refractivity contribution in [2.45, 2.75) is 0 Å². The number of rotatable bonds is 3. The number of hydrogen-bond donors (Lipinski definition) is 0. The highest BCUT2D eigenvalue weighted by molar-refractivity contribution is 6.29. The molecular formula is C43H26N4. The largest absolute Gasteiger partial charge is 0.309 e. The highest BCUT2D eigenvalue weighted by atomic mass is 15.0. The molecule has 7 aromatic carbocycles. The molecule has 0 spiro atoms. The van der Waals surface area contributed by atoms with Crippen LogP contribution in [0.2, 0.25) is 0 Å². The minimum atomic E-state index is 0.666. The molecule has 0 bridgehead atoms. The normalized spacial score (nSPS) is 11.8. The molecule has 0 amide bonds. The molecule has 0 aliphatic carbocycles. The maximum absolute atomic E-state index is 9.63. The van der Waals surface area contributed by atoms with Crippen LogP contribution in [0.15, 0.2) is 158 Å². The van der Waals surface area contributed by atoms with Crippen LogP contribution >= 0.6 is 0 Å². The fraction of sp³-hybridized carbons (Fsp3) is 0. The Hall–Kier alpha value is -6.57. The van der Waals surface area contributed by atoms with Gasteiger partial charge in [-0.3, -0.25) is 0 Å². The number of nitrogens with zero attached hydrogens (tertiary/aromatic N) is 4. The molecule has 47 heavy (non-hydrogen) atoms. The van der Waals surface area contributed by atoms with Crippen LogP contribution in [0.3, 0.4) is 0 Å². The van der Waals surface area contributed by atoms with E-state index in [0.29, 0.717) is 5.56 Å². The van der Waals surface area contributed by atoms with E-state index in [9.17, 15) is 5.26 Å². The number of benzene rings is 7. The zero-order valence-corrected chi connectivity index (χ0v) is 25.3. The number of nitriles is 1. The minimum Gasteiger partial charge on any atom is -0.309 e. The molecule has 10 rings (SSSR count). The predicted molar refractivity (Wildman–Crippen MR) is 194 cm³/mol. The van der Waals surface area contributed by atoms with Crippen LogP contribution in [0.5, 0.6) is 0 Å². The van der Waals surface area contributed by atoms with Crippen molar-refractivity contribution < 1.29 is 0 Å². The summed E-state index contributed by atoms with van der Waals surface area (Å²) < 4.78 is 7.11. The molecule has 218 valence electrons. The number of para-hydroxylation sites is 4. The summed E-state index contributed by atoms with van der Waals surface area (Å²) in [6.07, 6.45) is 0. The molecule has 0 N–H and O–H groups in total. The Morgan fingerprint density at radius 2 is 0.787 bits per heavy atom. The summed E-state index contributed by atoms with van der Waals surface area (Å²) in [7, 11) is 0. The van der Waals surface area contributed by atoms with Crippen molar-refractivity contribution in [1.29, 1.82) is 5.26 Å². The smallest absolute Gasteiger partial charge is 0.0991 e. The van der Waals surface area contributed by atoms with Gasteiger partial charge in [-0.15, -0.1) is 0 Å². The van der Waals surface area contributed by atoms with Gasteiger partial charge in [0.05, 0.1) is 44.7 Å². The molecule has 3 aromatic heterocycles. The van der Waals surface area contributed by atoms with Crippen molar-refractivity contribution in [2.24, 2.45) is 0 Å². The maximum atomic E-state index is 9.63. The average molecular weight is 599 g/mol. The van der Waals surface area contributed by atoms with Gasteiger partial charge in [-0.25, -0.2) is 0 Å². The Kier molecular flexibility index (Phi) is 5.32. The molecular weight excluding hydrogens is 573 g/mol. The zero-order chi connectivity index (χ0) is 31.1. The van der Waals surface area contributed by atoms with Gasteiger partial charge in [0, 0.05) is 49.4 Å². The van der Waals surface area contributed by atoms with E-state index in [1.54, 1.807) is 0 Å². The third-order valence-corrected chi connectivity index (χ3v) is 9.63. The van der Waals surface area contributed by atoms with Gasteiger partial charge in [0.2, 0.25) is 0 Å². The molecule has 0 aliphatic heterocycles. The molecule has 0 atom stereocenters. The van der Waals surface area contributed by atoms with Gasteiger partial charge < -0.3 is 13.7 Å². The number of hydrogen-bond acceptors (Lipinski definition) is 1. The van der Waals surface area contributed by atoms with Crippen LogP contribution in [0, 0.1) is 11.3 Å². The van der Waals surface area contributed by atoms with Crippen LogP contribution in [-0.2, 0) is 0 Å². The Morgan fingerprint density at radius 1 is 0.340 bits per heavy atom. The average Bonchev–Trinajstić information content (AvgIpc) is 3.77. The van der Waals surface area contributed by atoms with Gasteiger partial charge in [0.15, 0.2) is 0 Å². The minimum absolute atomic E-state index is 0.666. The predicted octanol–water partition coefficient (Wildman–Crippen LogP) is 10.8. The first-order chi connectivity index (χ1) is 23.3. The lowest BCUT2D eigenvalue weighted by molar-refractivity contribution is 1.13. The van der Waals surface area contributed by atoms with E-state index in [-0.39, 0.29) is 0 Å². The second-order valence-electron chi connectivity index (χ2n) is 12.1. The first kappa shape index (κ1) is 25.7. The van der Waals surface area contributed by atoms with E-state index >= 15 is 0 Å². The van der Waals surface area contributed by atoms with Crippen LogP contribution in [-0.4, -0.2) is 13.7 Å². The molecule has 0 aliphatic rings. The van der Waals surface area contributed by atoms with Crippen molar-refractivity contribution in [3.63, 3.8) is 0 Å². The highest BCUT2D eigenvalue weighted by Crippen LogP contribution is 2.42. The first-order valence-electron chi connectivity index (χ1n) is 15.8. The second kappa shape index (κ2) is 9.71. The molecule has 4 nitrogen and oxygen atoms in total. The molecule has 0 unspecified atom stereocenters. The standard InChI is InChI=1S/C43H26N4/c44-27-28-21-22-39-35(25-28)32-15-4-7-18-36(32)46(39)30-13-10-14-31(26-30)47-38-20-9-6-17-34(38)43-41(47)24-23-40-42(43)33-16-5-8-19-37(33)45(40)29-11-2-1-3-12-29/h1-26H. The van der Waals surface area contributed by atoms with E-state index in [0.717, 1.165) is 38.9 Å². The molecule has 0 fully saturated rings. The SMILES string of the molecule is N#Cc1ccc2c(c1)c1ccccc1n2-c1cccc(-n2c3ccccc3c3c4c5ccccc5n(-c5ccccc5)c4ccc32)c1. The summed E-state index contributed by atoms with van der Waals surface area (Å²) >= 11 is 0. The van der Waals surface area contributed by atoms with Crippen LogP contribution in [0.4, 0.5) is 0 Å². The van der Waals surface area contributed by atoms with Crippen LogP contribution < -0.4 is 0 Å². The van der Waals surface area contributed by atoms with Gasteiger partial charge >= 0.3 is 0 Å². The number of fused-ring (bicyclic) bond motifs is 10. The summed E-state index contributed by atoms with van der Waals surface area (Å²) in [5, 5.41) is 16.9. The van der Waals surface area contributed by atoms with Gasteiger partial charge in [0.1, 0.15) is 0 Å². The lowest BCUT2D eigenvalue weighted by atomic mass is 10.1. The van der Waals surface area contributed by atoms with E-state index < -0.39 is 0 Å². The quantitative estimate of drug-likeness (QED) is 0.199. The highest BCUT2D eigenvalue weighted by Gasteiger charge is 2.21. The van der Waals surface area contributed by atoms with Crippen molar-refractivity contribution in [2.75, 3.05) is 0 Å². The maximum Gasteiger partial charge on any atom is 0.0991 e. The molecule has 0 saturated heterocycles. The van der Waals surface area contributed by atoms with Gasteiger partial charge in [-0.2, -0.15) is 5.26 Å². The third-order valence-electron chi connectivity index (χ3n) is 9.63. The Labute approximate surface area is 270 Å². The molecule has 3 heterocycles. The van der Waals surface area contributed by atoms with E-state index in [2.05, 4.69) is 165 Å². The topological polar surface area (TPSA) is 38.6 Å². The molecule has 10 aromatic rings. The molecule has 0 saturated carbocycles. The van der Waals surface area contributed by atoms with E-state index in [4.69, 9.17) is 0 Å². The van der Waals surface area contributed by atoms with E-state index in [1.807, 2.05) is 12.1 Å². The summed E-state index contributed by atoms with van der Waals surface area (Å²) in [5.41, 5.74) is 10.9. The van der Waals surface area contributed by atoms with Gasteiger partial charge in [0.25, 0.3) is 0 Å². The Balaban J connectivity index is 1.28.